The molecule has 26 heavy (non-hydrogen) atoms. The van der Waals surface area contributed by atoms with Gasteiger partial charge in [-0.3, -0.25) is 19.5 Å². The third kappa shape index (κ3) is 3.68. The zero-order valence-corrected chi connectivity index (χ0v) is 15.4. The van der Waals surface area contributed by atoms with Gasteiger partial charge in [0, 0.05) is 37.6 Å². The third-order valence-corrected chi connectivity index (χ3v) is 5.61. The van der Waals surface area contributed by atoms with Crippen molar-refractivity contribution in [2.75, 3.05) is 32.7 Å². The fraction of sp³-hybridized carbons (Fsp3) is 0.412. The number of carbonyl (C=O) groups is 1. The maximum absolute atomic E-state index is 12.7. The predicted molar refractivity (Wildman–Crippen MR) is 99.0 cm³/mol. The molecule has 4 heterocycles. The number of H-pyrrole nitrogens is 1. The van der Waals surface area contributed by atoms with Crippen molar-refractivity contribution in [2.24, 2.45) is 0 Å². The van der Waals surface area contributed by atoms with Crippen LogP contribution in [0.4, 0.5) is 0 Å². The van der Waals surface area contributed by atoms with Gasteiger partial charge >= 0.3 is 0 Å². The van der Waals surface area contributed by atoms with E-state index >= 15 is 0 Å². The minimum atomic E-state index is -0.00305. The van der Waals surface area contributed by atoms with Crippen LogP contribution in [0.15, 0.2) is 30.9 Å². The van der Waals surface area contributed by atoms with Gasteiger partial charge in [0.2, 0.25) is 0 Å². The summed E-state index contributed by atoms with van der Waals surface area (Å²) in [6.07, 6.45) is 3.27. The molecule has 1 aliphatic rings. The first kappa shape index (κ1) is 16.9. The molecule has 0 aliphatic carbocycles. The van der Waals surface area contributed by atoms with Crippen molar-refractivity contribution in [2.45, 2.75) is 13.5 Å². The van der Waals surface area contributed by atoms with Gasteiger partial charge in [0.25, 0.3) is 5.91 Å². The van der Waals surface area contributed by atoms with E-state index in [0.29, 0.717) is 5.69 Å². The first-order chi connectivity index (χ1) is 12.7. The lowest BCUT2D eigenvalue weighted by molar-refractivity contribution is 0.0626. The molecule has 4 rings (SSSR count). The number of hydrogen-bond donors (Lipinski definition) is 1. The van der Waals surface area contributed by atoms with Crippen LogP contribution in [-0.4, -0.2) is 73.4 Å². The molecular weight excluding hydrogens is 350 g/mol. The normalized spacial score (nSPS) is 15.5. The Labute approximate surface area is 155 Å². The van der Waals surface area contributed by atoms with Crippen molar-refractivity contribution in [3.63, 3.8) is 0 Å². The van der Waals surface area contributed by atoms with Crippen molar-refractivity contribution in [3.05, 3.63) is 41.4 Å². The first-order valence-corrected chi connectivity index (χ1v) is 9.47. The number of hydrogen-bond acceptors (Lipinski definition) is 6. The number of aryl methyl sites for hydroxylation is 1. The average Bonchev–Trinajstić information content (AvgIpc) is 3.41. The van der Waals surface area contributed by atoms with E-state index in [1.165, 1.54) is 4.88 Å². The van der Waals surface area contributed by atoms with Crippen molar-refractivity contribution in [1.29, 1.82) is 0 Å². The highest BCUT2D eigenvalue weighted by molar-refractivity contribution is 7.15. The van der Waals surface area contributed by atoms with E-state index in [9.17, 15) is 4.79 Å². The molecule has 0 spiro atoms. The monoisotopic (exact) mass is 371 g/mol. The fourth-order valence-electron chi connectivity index (χ4n) is 3.07. The Morgan fingerprint density at radius 2 is 2.08 bits per heavy atom. The second-order valence-corrected chi connectivity index (χ2v) is 7.66. The second-order valence-electron chi connectivity index (χ2n) is 6.37. The van der Waals surface area contributed by atoms with Gasteiger partial charge in [0.15, 0.2) is 5.69 Å². The van der Waals surface area contributed by atoms with E-state index in [1.807, 2.05) is 15.6 Å². The Kier molecular flexibility index (Phi) is 4.81. The molecule has 0 aromatic carbocycles. The van der Waals surface area contributed by atoms with Crippen LogP contribution in [0.2, 0.25) is 0 Å². The number of piperazine rings is 1. The summed E-state index contributed by atoms with van der Waals surface area (Å²) < 4.78 is 1.83. The summed E-state index contributed by atoms with van der Waals surface area (Å²) in [5, 5.41) is 11.3. The Morgan fingerprint density at radius 3 is 2.77 bits per heavy atom. The van der Waals surface area contributed by atoms with Gasteiger partial charge in [-0.05, 0) is 25.1 Å². The predicted octanol–water partition coefficient (Wildman–Crippen LogP) is 1.50. The number of aromatic amines is 1. The second kappa shape index (κ2) is 7.38. The van der Waals surface area contributed by atoms with Crippen molar-refractivity contribution in [1.82, 2.24) is 34.8 Å². The van der Waals surface area contributed by atoms with Gasteiger partial charge in [-0.25, -0.2) is 4.98 Å². The molecule has 0 radical (unpaired) electrons. The third-order valence-electron chi connectivity index (χ3n) is 4.57. The summed E-state index contributed by atoms with van der Waals surface area (Å²) in [5.41, 5.74) is 1.39. The van der Waals surface area contributed by atoms with Crippen LogP contribution in [0.5, 0.6) is 0 Å². The van der Waals surface area contributed by atoms with Crippen molar-refractivity contribution in [3.8, 4) is 10.6 Å². The Hall–Kier alpha value is -2.52. The highest BCUT2D eigenvalue weighted by Crippen LogP contribution is 2.26. The maximum Gasteiger partial charge on any atom is 0.274 e. The largest absolute Gasteiger partial charge is 0.335 e. The average molecular weight is 371 g/mol. The highest BCUT2D eigenvalue weighted by atomic mass is 32.1. The molecule has 1 aliphatic heterocycles. The summed E-state index contributed by atoms with van der Waals surface area (Å²) >= 11 is 1.69. The molecule has 1 N–H and O–H groups in total. The first-order valence-electron chi connectivity index (χ1n) is 8.65. The van der Waals surface area contributed by atoms with Crippen LogP contribution in [0.1, 0.15) is 15.4 Å². The zero-order chi connectivity index (χ0) is 17.9. The van der Waals surface area contributed by atoms with Gasteiger partial charge < -0.3 is 4.90 Å². The lowest BCUT2D eigenvalue weighted by atomic mass is 10.2. The number of thiophene rings is 1. The molecule has 0 atom stereocenters. The molecule has 0 saturated carbocycles. The molecule has 8 nitrogen and oxygen atoms in total. The molecule has 1 fully saturated rings. The summed E-state index contributed by atoms with van der Waals surface area (Å²) in [5.74, 6) is -0.00305. The SMILES string of the molecule is Cc1ccc(-c2cc(C(=O)N3CCN(CCn4cncn4)CC3)n[nH]2)s1. The van der Waals surface area contributed by atoms with Crippen LogP contribution in [-0.2, 0) is 6.54 Å². The summed E-state index contributed by atoms with van der Waals surface area (Å²) in [7, 11) is 0. The molecule has 0 bridgehead atoms. The Morgan fingerprint density at radius 1 is 1.23 bits per heavy atom. The lowest BCUT2D eigenvalue weighted by Gasteiger charge is -2.34. The summed E-state index contributed by atoms with van der Waals surface area (Å²) in [6, 6.07) is 5.97. The molecule has 1 amide bonds. The number of nitrogens with one attached hydrogen (secondary N) is 1. The fourth-order valence-corrected chi connectivity index (χ4v) is 3.90. The molecule has 3 aromatic heterocycles. The number of amides is 1. The Bertz CT molecular complexity index is 861. The highest BCUT2D eigenvalue weighted by Gasteiger charge is 2.24. The quantitative estimate of drug-likeness (QED) is 0.735. The summed E-state index contributed by atoms with van der Waals surface area (Å²) in [4.78, 5) is 23.2. The van der Waals surface area contributed by atoms with Crippen LogP contribution < -0.4 is 0 Å². The standard InChI is InChI=1S/C17H21N7OS/c1-13-2-3-16(26-13)14-10-15(21-20-14)17(25)23-7-4-22(5-8-23)6-9-24-12-18-11-19-24/h2-3,10-12H,4-9H2,1H3,(H,20,21). The molecular formula is C17H21N7OS. The molecule has 0 unspecified atom stereocenters. The van der Waals surface area contributed by atoms with Crippen LogP contribution in [0.3, 0.4) is 0 Å². The van der Waals surface area contributed by atoms with Gasteiger partial charge in [-0.1, -0.05) is 0 Å². The molecule has 9 heteroatoms. The van der Waals surface area contributed by atoms with Crippen LogP contribution in [0, 0.1) is 6.92 Å². The van der Waals surface area contributed by atoms with Crippen LogP contribution in [0.25, 0.3) is 10.6 Å². The minimum Gasteiger partial charge on any atom is -0.335 e. The van der Waals surface area contributed by atoms with E-state index in [-0.39, 0.29) is 5.91 Å². The number of nitrogens with zero attached hydrogens (tertiary/aromatic N) is 6. The molecule has 136 valence electrons. The molecule has 3 aromatic rings. The van der Waals surface area contributed by atoms with Gasteiger partial charge in [-0.15, -0.1) is 11.3 Å². The van der Waals surface area contributed by atoms with Gasteiger partial charge in [0.1, 0.15) is 12.7 Å². The lowest BCUT2D eigenvalue weighted by Crippen LogP contribution is -2.49. The number of carbonyl (C=O) groups excluding carboxylic acids is 1. The van der Waals surface area contributed by atoms with Crippen molar-refractivity contribution < 1.29 is 4.79 Å². The van der Waals surface area contributed by atoms with E-state index in [4.69, 9.17) is 0 Å². The van der Waals surface area contributed by atoms with E-state index in [0.717, 1.165) is 49.8 Å². The number of aromatic nitrogens is 5. The zero-order valence-electron chi connectivity index (χ0n) is 14.6. The van der Waals surface area contributed by atoms with Crippen molar-refractivity contribution >= 4 is 17.2 Å². The topological polar surface area (TPSA) is 82.9 Å². The van der Waals surface area contributed by atoms with E-state index < -0.39 is 0 Å². The van der Waals surface area contributed by atoms with E-state index in [1.54, 1.807) is 24.0 Å². The van der Waals surface area contributed by atoms with Crippen LogP contribution >= 0.6 is 11.3 Å². The molecule has 1 saturated heterocycles. The van der Waals surface area contributed by atoms with Gasteiger partial charge in [-0.2, -0.15) is 10.2 Å². The maximum atomic E-state index is 12.7. The van der Waals surface area contributed by atoms with E-state index in [2.05, 4.69) is 44.2 Å². The smallest absolute Gasteiger partial charge is 0.274 e. The minimum absolute atomic E-state index is 0.00305. The number of rotatable bonds is 5. The summed E-state index contributed by atoms with van der Waals surface area (Å²) in [6.45, 7) is 6.96. The van der Waals surface area contributed by atoms with Gasteiger partial charge in [0.05, 0.1) is 17.1 Å². The Balaban J connectivity index is 1.31.